The van der Waals surface area contributed by atoms with Crippen LogP contribution in [0.3, 0.4) is 0 Å². The fraction of sp³-hybridized carbons (Fsp3) is 0.409. The summed E-state index contributed by atoms with van der Waals surface area (Å²) in [5.41, 5.74) is 3.99. The molecule has 1 fully saturated rings. The summed E-state index contributed by atoms with van der Waals surface area (Å²) in [6, 6.07) is 13.4. The lowest BCUT2D eigenvalue weighted by Crippen LogP contribution is -2.48. The van der Waals surface area contributed by atoms with Gasteiger partial charge in [-0.1, -0.05) is 30.3 Å². The van der Waals surface area contributed by atoms with Crippen molar-refractivity contribution in [3.05, 3.63) is 70.5 Å². The number of aryl methyl sites for hydroxylation is 1. The Kier molecular flexibility index (Phi) is 7.01. The summed E-state index contributed by atoms with van der Waals surface area (Å²) in [6.07, 6.45) is 0.0210. The van der Waals surface area contributed by atoms with Crippen molar-refractivity contribution in [2.45, 2.75) is 26.2 Å². The first-order valence-corrected chi connectivity index (χ1v) is 9.51. The monoisotopic (exact) mass is 385 g/mol. The quantitative estimate of drug-likeness (QED) is 0.633. The zero-order chi connectivity index (χ0) is 19.9. The number of ether oxygens (including phenoxy) is 2. The van der Waals surface area contributed by atoms with E-state index in [0.717, 1.165) is 24.6 Å². The van der Waals surface area contributed by atoms with Crippen molar-refractivity contribution in [3.63, 3.8) is 0 Å². The number of morpholine rings is 1. The topological polar surface area (TPSA) is 46.1 Å². The maximum absolute atomic E-state index is 13.8. The molecule has 1 aliphatic rings. The molecule has 1 aliphatic heterocycles. The molecule has 0 radical (unpaired) electrons. The molecule has 0 saturated carbocycles. The van der Waals surface area contributed by atoms with Gasteiger partial charge in [-0.25, -0.2) is 4.39 Å². The van der Waals surface area contributed by atoms with Crippen molar-refractivity contribution in [1.82, 2.24) is 10.2 Å². The first kappa shape index (κ1) is 20.3. The average molecular weight is 385 g/mol. The Bertz CT molecular complexity index is 825. The Morgan fingerprint density at radius 2 is 2.14 bits per heavy atom. The van der Waals surface area contributed by atoms with Gasteiger partial charge in [0.2, 0.25) is 0 Å². The minimum absolute atomic E-state index is 0.0210. The molecule has 1 N–H and O–H groups in total. The van der Waals surface area contributed by atoms with Crippen LogP contribution in [0.1, 0.15) is 28.4 Å². The van der Waals surface area contributed by atoms with E-state index in [-0.39, 0.29) is 18.5 Å². The van der Waals surface area contributed by atoms with Gasteiger partial charge in [-0.2, -0.15) is 0 Å². The lowest BCUT2D eigenvalue weighted by atomic mass is 10.0. The van der Waals surface area contributed by atoms with Gasteiger partial charge < -0.3 is 19.7 Å². The second kappa shape index (κ2) is 9.66. The number of nitrogens with one attached hydrogen (secondary N) is 1. The molecule has 2 aromatic carbocycles. The van der Waals surface area contributed by atoms with E-state index in [1.165, 1.54) is 17.2 Å². The van der Waals surface area contributed by atoms with Gasteiger partial charge in [-0.3, -0.25) is 4.99 Å². The Morgan fingerprint density at radius 1 is 1.32 bits per heavy atom. The Hall–Kier alpha value is -2.44. The van der Waals surface area contributed by atoms with Crippen LogP contribution in [0, 0.1) is 12.7 Å². The fourth-order valence-corrected chi connectivity index (χ4v) is 3.50. The normalized spacial score (nSPS) is 17.6. The molecule has 150 valence electrons. The molecule has 0 bridgehead atoms. The second-order valence-electron chi connectivity index (χ2n) is 6.92. The van der Waals surface area contributed by atoms with Crippen molar-refractivity contribution >= 4 is 5.96 Å². The summed E-state index contributed by atoms with van der Waals surface area (Å²) in [5.74, 6) is 0.573. The van der Waals surface area contributed by atoms with Gasteiger partial charge in [0.15, 0.2) is 5.96 Å². The van der Waals surface area contributed by atoms with Crippen LogP contribution in [0.5, 0.6) is 0 Å². The number of aliphatic imine (C=N–C) groups is 1. The van der Waals surface area contributed by atoms with Crippen LogP contribution in [0.15, 0.2) is 47.5 Å². The lowest BCUT2D eigenvalue weighted by Gasteiger charge is -2.35. The summed E-state index contributed by atoms with van der Waals surface area (Å²) in [7, 11) is 3.34. The number of halogens is 1. The van der Waals surface area contributed by atoms with Crippen LogP contribution < -0.4 is 5.32 Å². The van der Waals surface area contributed by atoms with Crippen LogP contribution >= 0.6 is 0 Å². The van der Waals surface area contributed by atoms with Gasteiger partial charge in [0.25, 0.3) is 0 Å². The molecule has 1 atom stereocenters. The molecule has 0 amide bonds. The predicted octanol–water partition coefficient (Wildman–Crippen LogP) is 3.43. The third kappa shape index (κ3) is 4.88. The van der Waals surface area contributed by atoms with E-state index >= 15 is 0 Å². The molecule has 2 aromatic rings. The van der Waals surface area contributed by atoms with Gasteiger partial charge in [0.1, 0.15) is 11.9 Å². The number of nitrogens with zero attached hydrogens (tertiary/aromatic N) is 2. The van der Waals surface area contributed by atoms with E-state index in [1.807, 2.05) is 18.2 Å². The van der Waals surface area contributed by atoms with Gasteiger partial charge in [0.05, 0.1) is 19.8 Å². The van der Waals surface area contributed by atoms with Crippen molar-refractivity contribution in [2.24, 2.45) is 4.99 Å². The van der Waals surface area contributed by atoms with Crippen LogP contribution in [0.2, 0.25) is 0 Å². The SMILES string of the molecule is CN=C(NCc1ccc(F)c(COC)c1)N1CCOC(c2ccccc2C)C1. The molecule has 1 heterocycles. The second-order valence-corrected chi connectivity index (χ2v) is 6.92. The minimum Gasteiger partial charge on any atom is -0.380 e. The Balaban J connectivity index is 1.65. The molecule has 0 aromatic heterocycles. The van der Waals surface area contributed by atoms with Crippen LogP contribution in [0.4, 0.5) is 4.39 Å². The van der Waals surface area contributed by atoms with Crippen molar-refractivity contribution < 1.29 is 13.9 Å². The lowest BCUT2D eigenvalue weighted by molar-refractivity contribution is -0.00834. The molecular weight excluding hydrogens is 357 g/mol. The molecule has 1 saturated heterocycles. The van der Waals surface area contributed by atoms with Crippen molar-refractivity contribution in [2.75, 3.05) is 33.9 Å². The maximum Gasteiger partial charge on any atom is 0.194 e. The van der Waals surface area contributed by atoms with E-state index in [0.29, 0.717) is 18.7 Å². The summed E-state index contributed by atoms with van der Waals surface area (Å²) >= 11 is 0. The highest BCUT2D eigenvalue weighted by Crippen LogP contribution is 2.25. The average Bonchev–Trinajstić information content (AvgIpc) is 2.71. The molecule has 0 aliphatic carbocycles. The van der Waals surface area contributed by atoms with Crippen molar-refractivity contribution in [1.29, 1.82) is 0 Å². The molecular formula is C22H28FN3O2. The zero-order valence-electron chi connectivity index (χ0n) is 16.7. The highest BCUT2D eigenvalue weighted by Gasteiger charge is 2.25. The van der Waals surface area contributed by atoms with Gasteiger partial charge in [-0.15, -0.1) is 0 Å². The minimum atomic E-state index is -0.246. The standard InChI is InChI=1S/C22H28FN3O2/c1-16-6-4-5-7-19(16)21-14-26(10-11-28-21)22(24-2)25-13-17-8-9-20(23)18(12-17)15-27-3/h4-9,12,21H,10-11,13-15H2,1-3H3,(H,24,25). The number of methoxy groups -OCH3 is 1. The molecule has 5 nitrogen and oxygen atoms in total. The number of hydrogen-bond donors (Lipinski definition) is 1. The molecule has 28 heavy (non-hydrogen) atoms. The highest BCUT2D eigenvalue weighted by atomic mass is 19.1. The van der Waals surface area contributed by atoms with Crippen molar-refractivity contribution in [3.8, 4) is 0 Å². The molecule has 3 rings (SSSR count). The van der Waals surface area contributed by atoms with E-state index in [9.17, 15) is 4.39 Å². The van der Waals surface area contributed by atoms with E-state index in [2.05, 4.69) is 34.3 Å². The number of guanidine groups is 1. The predicted molar refractivity (Wildman–Crippen MR) is 109 cm³/mol. The molecule has 0 spiro atoms. The summed E-state index contributed by atoms with van der Waals surface area (Å²) < 4.78 is 24.9. The first-order chi connectivity index (χ1) is 13.6. The highest BCUT2D eigenvalue weighted by molar-refractivity contribution is 5.80. The Labute approximate surface area is 166 Å². The Morgan fingerprint density at radius 3 is 2.89 bits per heavy atom. The van der Waals surface area contributed by atoms with Crippen LogP contribution in [-0.4, -0.2) is 44.7 Å². The zero-order valence-corrected chi connectivity index (χ0v) is 16.7. The van der Waals surface area contributed by atoms with E-state index in [4.69, 9.17) is 9.47 Å². The van der Waals surface area contributed by atoms with Gasteiger partial charge in [0, 0.05) is 32.8 Å². The van der Waals surface area contributed by atoms with Crippen LogP contribution in [0.25, 0.3) is 0 Å². The molecule has 1 unspecified atom stereocenters. The smallest absolute Gasteiger partial charge is 0.194 e. The first-order valence-electron chi connectivity index (χ1n) is 9.51. The third-order valence-electron chi connectivity index (χ3n) is 4.97. The van der Waals surface area contributed by atoms with E-state index < -0.39 is 0 Å². The number of hydrogen-bond acceptors (Lipinski definition) is 3. The van der Waals surface area contributed by atoms with Gasteiger partial charge in [-0.05, 0) is 35.7 Å². The summed E-state index contributed by atoms with van der Waals surface area (Å²) in [6.45, 7) is 5.10. The fourth-order valence-electron chi connectivity index (χ4n) is 3.50. The maximum atomic E-state index is 13.8. The largest absolute Gasteiger partial charge is 0.380 e. The molecule has 6 heteroatoms. The number of rotatable bonds is 5. The van der Waals surface area contributed by atoms with Gasteiger partial charge >= 0.3 is 0 Å². The third-order valence-corrected chi connectivity index (χ3v) is 4.97. The number of benzene rings is 2. The van der Waals surface area contributed by atoms with Crippen LogP contribution in [-0.2, 0) is 22.6 Å². The summed E-state index contributed by atoms with van der Waals surface area (Å²) in [5, 5.41) is 3.39. The summed E-state index contributed by atoms with van der Waals surface area (Å²) in [4.78, 5) is 6.64. The van der Waals surface area contributed by atoms with E-state index in [1.54, 1.807) is 20.2 Å².